The molecule has 0 saturated carbocycles. The van der Waals surface area contributed by atoms with Crippen molar-refractivity contribution in [2.45, 2.75) is 6.04 Å². The van der Waals surface area contributed by atoms with Gasteiger partial charge in [-0.25, -0.2) is 9.49 Å². The van der Waals surface area contributed by atoms with Crippen LogP contribution in [-0.2, 0) is 0 Å². The summed E-state index contributed by atoms with van der Waals surface area (Å²) in [5, 5.41) is 21.5. The Morgan fingerprint density at radius 2 is 2.00 bits per heavy atom. The average molecular weight is 391 g/mol. The van der Waals surface area contributed by atoms with E-state index >= 15 is 0 Å². The van der Waals surface area contributed by atoms with E-state index < -0.39 is 11.6 Å². The summed E-state index contributed by atoms with van der Waals surface area (Å²) in [7, 11) is 1.57. The molecule has 0 radical (unpaired) electrons. The van der Waals surface area contributed by atoms with Crippen molar-refractivity contribution in [2.75, 3.05) is 12.4 Å². The predicted octanol–water partition coefficient (Wildman–Crippen LogP) is 2.27. The Morgan fingerprint density at radius 3 is 2.79 bits per heavy atom. The lowest BCUT2D eigenvalue weighted by atomic mass is 9.92. The minimum atomic E-state index is -0.576. The van der Waals surface area contributed by atoms with Crippen molar-refractivity contribution in [1.29, 1.82) is 0 Å². The highest BCUT2D eigenvalue weighted by molar-refractivity contribution is 5.76. The van der Waals surface area contributed by atoms with Gasteiger partial charge in [-0.3, -0.25) is 4.79 Å². The number of halogens is 1. The second kappa shape index (κ2) is 6.51. The zero-order chi connectivity index (χ0) is 20.0. The van der Waals surface area contributed by atoms with Gasteiger partial charge in [-0.05, 0) is 40.3 Å². The maximum absolute atomic E-state index is 13.5. The quantitative estimate of drug-likeness (QED) is 0.485. The molecule has 0 saturated heterocycles. The first kappa shape index (κ1) is 17.0. The number of ether oxygens (including phenoxy) is 1. The number of anilines is 2. The summed E-state index contributed by atoms with van der Waals surface area (Å²) in [6.07, 6.45) is 0. The van der Waals surface area contributed by atoms with Gasteiger partial charge in [-0.2, -0.15) is 9.78 Å². The van der Waals surface area contributed by atoms with E-state index in [9.17, 15) is 9.18 Å². The van der Waals surface area contributed by atoms with Gasteiger partial charge >= 0.3 is 0 Å². The van der Waals surface area contributed by atoms with E-state index in [0.717, 1.165) is 5.56 Å². The average Bonchev–Trinajstić information content (AvgIpc) is 3.22. The van der Waals surface area contributed by atoms with Crippen LogP contribution in [0, 0.1) is 5.82 Å². The van der Waals surface area contributed by atoms with Crippen LogP contribution in [0.3, 0.4) is 0 Å². The number of aromatic nitrogens is 6. The van der Waals surface area contributed by atoms with E-state index in [1.54, 1.807) is 23.9 Å². The molecular formula is C19H14FN7O2. The molecule has 29 heavy (non-hydrogen) atoms. The summed E-state index contributed by atoms with van der Waals surface area (Å²) < 4.78 is 20.4. The fourth-order valence-electron chi connectivity index (χ4n) is 3.48. The van der Waals surface area contributed by atoms with Crippen molar-refractivity contribution in [2.24, 2.45) is 0 Å². The smallest absolute Gasteiger partial charge is 0.288 e. The van der Waals surface area contributed by atoms with Crippen molar-refractivity contribution in [1.82, 2.24) is 30.4 Å². The lowest BCUT2D eigenvalue weighted by molar-refractivity contribution is 0.415. The fourth-order valence-corrected chi connectivity index (χ4v) is 3.48. The van der Waals surface area contributed by atoms with Gasteiger partial charge < -0.3 is 10.1 Å². The summed E-state index contributed by atoms with van der Waals surface area (Å²) in [4.78, 5) is 12.6. The van der Waals surface area contributed by atoms with E-state index in [-0.39, 0.29) is 11.5 Å². The van der Waals surface area contributed by atoms with Gasteiger partial charge in [0.2, 0.25) is 5.95 Å². The number of H-pyrrole nitrogens is 1. The third-order valence-electron chi connectivity index (χ3n) is 4.80. The van der Waals surface area contributed by atoms with Crippen LogP contribution < -0.4 is 15.6 Å². The van der Waals surface area contributed by atoms with E-state index in [1.165, 1.54) is 12.1 Å². The van der Waals surface area contributed by atoms with Crippen LogP contribution in [0.5, 0.6) is 5.75 Å². The largest absolute Gasteiger partial charge is 0.497 e. The Kier molecular flexibility index (Phi) is 3.83. The number of benzene rings is 2. The zero-order valence-corrected chi connectivity index (χ0v) is 15.1. The highest BCUT2D eigenvalue weighted by Gasteiger charge is 2.34. The molecule has 144 valence electrons. The fraction of sp³-hybridized carbons (Fsp3) is 0.105. The number of aromatic amines is 1. The monoisotopic (exact) mass is 391 g/mol. The molecule has 0 spiro atoms. The molecule has 0 fully saturated rings. The summed E-state index contributed by atoms with van der Waals surface area (Å²) in [6.45, 7) is 0. The Balaban J connectivity index is 1.80. The number of methoxy groups -OCH3 is 1. The highest BCUT2D eigenvalue weighted by atomic mass is 19.1. The van der Waals surface area contributed by atoms with Crippen LogP contribution in [0.1, 0.15) is 17.2 Å². The Labute approximate surface area is 163 Å². The highest BCUT2D eigenvalue weighted by Crippen LogP contribution is 2.41. The van der Waals surface area contributed by atoms with Crippen LogP contribution in [0.2, 0.25) is 0 Å². The SMILES string of the molecule is COc1cccc(-c2n[nH]c(=O)c3c2[C@H](c2ccc(F)cc2)n2nnnc2N3)c1. The molecule has 3 heterocycles. The Hall–Kier alpha value is -4.08. The second-order valence-corrected chi connectivity index (χ2v) is 6.45. The molecule has 9 nitrogen and oxygen atoms in total. The van der Waals surface area contributed by atoms with E-state index in [1.807, 2.05) is 24.3 Å². The van der Waals surface area contributed by atoms with Crippen molar-refractivity contribution < 1.29 is 9.13 Å². The number of nitrogens with one attached hydrogen (secondary N) is 2. The number of tetrazole rings is 1. The van der Waals surface area contributed by atoms with Crippen LogP contribution in [0.15, 0.2) is 53.3 Å². The summed E-state index contributed by atoms with van der Waals surface area (Å²) >= 11 is 0. The second-order valence-electron chi connectivity index (χ2n) is 6.45. The molecule has 2 N–H and O–H groups in total. The van der Waals surface area contributed by atoms with Gasteiger partial charge in [-0.1, -0.05) is 29.4 Å². The minimum absolute atomic E-state index is 0.287. The summed E-state index contributed by atoms with van der Waals surface area (Å²) in [5.74, 6) is 0.589. The molecule has 0 aliphatic carbocycles. The molecule has 0 amide bonds. The summed E-state index contributed by atoms with van der Waals surface area (Å²) in [5.41, 5.74) is 2.43. The molecule has 10 heteroatoms. The van der Waals surface area contributed by atoms with Crippen LogP contribution in [0.4, 0.5) is 16.0 Å². The molecule has 2 aromatic heterocycles. The van der Waals surface area contributed by atoms with E-state index in [0.29, 0.717) is 28.5 Å². The maximum atomic E-state index is 13.5. The number of rotatable bonds is 3. The molecule has 0 unspecified atom stereocenters. The zero-order valence-electron chi connectivity index (χ0n) is 15.1. The van der Waals surface area contributed by atoms with Gasteiger partial charge in [0.1, 0.15) is 23.3 Å². The number of fused-ring (bicyclic) bond motifs is 2. The van der Waals surface area contributed by atoms with Crippen molar-refractivity contribution in [3.05, 3.63) is 75.8 Å². The molecular weight excluding hydrogens is 377 g/mol. The molecule has 0 bridgehead atoms. The normalized spacial score (nSPS) is 14.6. The van der Waals surface area contributed by atoms with Gasteiger partial charge in [0.15, 0.2) is 0 Å². The Morgan fingerprint density at radius 1 is 1.17 bits per heavy atom. The third kappa shape index (κ3) is 2.73. The standard InChI is InChI=1S/C19H14FN7O2/c1-29-13-4-2-3-11(9-13)15-14-16(18(28)23-22-15)21-19-24-25-26-27(19)17(14)10-5-7-12(20)8-6-10/h2-9,17H,1H3,(H,23,28)(H,21,24,26)/t17-/m0/s1. The molecule has 1 atom stereocenters. The first-order valence-electron chi connectivity index (χ1n) is 8.73. The third-order valence-corrected chi connectivity index (χ3v) is 4.80. The lowest BCUT2D eigenvalue weighted by Crippen LogP contribution is -2.29. The van der Waals surface area contributed by atoms with Gasteiger partial charge in [0.05, 0.1) is 12.8 Å². The van der Waals surface area contributed by atoms with Gasteiger partial charge in [0, 0.05) is 11.1 Å². The van der Waals surface area contributed by atoms with Crippen LogP contribution in [-0.4, -0.2) is 37.5 Å². The predicted molar refractivity (Wildman–Crippen MR) is 102 cm³/mol. The summed E-state index contributed by atoms with van der Waals surface area (Å²) in [6, 6.07) is 12.7. The van der Waals surface area contributed by atoms with Crippen molar-refractivity contribution in [3.63, 3.8) is 0 Å². The van der Waals surface area contributed by atoms with E-state index in [2.05, 4.69) is 31.0 Å². The maximum Gasteiger partial charge on any atom is 0.288 e. The lowest BCUT2D eigenvalue weighted by Gasteiger charge is -2.27. The first-order valence-corrected chi connectivity index (χ1v) is 8.73. The number of hydrogen-bond acceptors (Lipinski definition) is 7. The van der Waals surface area contributed by atoms with Crippen LogP contribution in [0.25, 0.3) is 11.3 Å². The number of nitrogens with zero attached hydrogens (tertiary/aromatic N) is 5. The van der Waals surface area contributed by atoms with Gasteiger partial charge in [-0.15, -0.1) is 0 Å². The first-order chi connectivity index (χ1) is 14.2. The van der Waals surface area contributed by atoms with E-state index in [4.69, 9.17) is 4.74 Å². The molecule has 1 aliphatic rings. The van der Waals surface area contributed by atoms with Crippen molar-refractivity contribution in [3.8, 4) is 17.0 Å². The Bertz CT molecular complexity index is 1270. The van der Waals surface area contributed by atoms with Crippen LogP contribution >= 0.6 is 0 Å². The minimum Gasteiger partial charge on any atom is -0.497 e. The molecule has 2 aromatic carbocycles. The molecule has 4 aromatic rings. The molecule has 5 rings (SSSR count). The van der Waals surface area contributed by atoms with Crippen molar-refractivity contribution >= 4 is 11.6 Å². The number of hydrogen-bond donors (Lipinski definition) is 2. The van der Waals surface area contributed by atoms with Gasteiger partial charge in [0.25, 0.3) is 5.56 Å². The molecule has 1 aliphatic heterocycles. The topological polar surface area (TPSA) is 111 Å².